The second-order valence-electron chi connectivity index (χ2n) is 4.30. The second-order valence-corrected chi connectivity index (χ2v) is 5.16. The lowest BCUT2D eigenvalue weighted by molar-refractivity contribution is -0.383. The lowest BCUT2D eigenvalue weighted by Crippen LogP contribution is -2.06. The van der Waals surface area contributed by atoms with Gasteiger partial charge in [-0.1, -0.05) is 15.9 Å². The van der Waals surface area contributed by atoms with E-state index in [0.29, 0.717) is 20.9 Å². The van der Waals surface area contributed by atoms with Crippen molar-refractivity contribution in [2.45, 2.75) is 12.8 Å². The molecule has 0 radical (unpaired) electrons. The average Bonchev–Trinajstić information content (AvgIpc) is 2.67. The van der Waals surface area contributed by atoms with Gasteiger partial charge in [0.2, 0.25) is 0 Å². The molecule has 1 aromatic carbocycles. The number of non-ortho nitro benzene ring substituents is 1. The van der Waals surface area contributed by atoms with Crippen LogP contribution in [0.25, 0.3) is 10.9 Å². The molecule has 0 aliphatic carbocycles. The highest BCUT2D eigenvalue weighted by atomic mass is 79.9. The number of aryl methyl sites for hydroxylation is 1. The number of carboxylic acids is 1. The predicted molar refractivity (Wildman–Crippen MR) is 73.3 cm³/mol. The molecule has 0 spiro atoms. The summed E-state index contributed by atoms with van der Waals surface area (Å²) >= 11 is 3.33. The van der Waals surface area contributed by atoms with E-state index >= 15 is 0 Å². The second kappa shape index (κ2) is 4.65. The molecule has 0 amide bonds. The van der Waals surface area contributed by atoms with Crippen LogP contribution in [0.1, 0.15) is 18.4 Å². The van der Waals surface area contributed by atoms with Crippen LogP contribution in [-0.2, 0) is 11.8 Å². The number of aromatic nitrogens is 1. The molecule has 100 valence electrons. The van der Waals surface area contributed by atoms with E-state index in [1.165, 1.54) is 6.07 Å². The molecule has 1 aromatic heterocycles. The summed E-state index contributed by atoms with van der Waals surface area (Å²) in [6.07, 6.45) is 1.63. The highest BCUT2D eigenvalue weighted by Gasteiger charge is 2.25. The van der Waals surface area contributed by atoms with Gasteiger partial charge in [-0.25, -0.2) is 0 Å². The van der Waals surface area contributed by atoms with Gasteiger partial charge in [0, 0.05) is 29.2 Å². The third kappa shape index (κ3) is 2.10. The monoisotopic (exact) mass is 326 g/mol. The van der Waals surface area contributed by atoms with Crippen molar-refractivity contribution in [2.24, 2.45) is 7.05 Å². The van der Waals surface area contributed by atoms with E-state index in [9.17, 15) is 14.9 Å². The van der Waals surface area contributed by atoms with E-state index in [1.54, 1.807) is 30.8 Å². The maximum Gasteiger partial charge on any atom is 0.310 e. The molecule has 0 aliphatic rings. The first-order valence-corrected chi connectivity index (χ1v) is 6.28. The van der Waals surface area contributed by atoms with Crippen LogP contribution in [0.5, 0.6) is 0 Å². The Bertz CT molecular complexity index is 693. The summed E-state index contributed by atoms with van der Waals surface area (Å²) in [4.78, 5) is 21.7. The zero-order valence-electron chi connectivity index (χ0n) is 10.3. The van der Waals surface area contributed by atoms with E-state index < -0.39 is 16.8 Å². The first-order chi connectivity index (χ1) is 8.84. The SMILES string of the molecule is CC(C(=O)O)c1cn(C)c2c([N+](=O)[O-])ccc(Br)c12. The fourth-order valence-corrected chi connectivity index (χ4v) is 2.68. The van der Waals surface area contributed by atoms with Crippen LogP contribution < -0.4 is 0 Å². The molecule has 1 N–H and O–H groups in total. The van der Waals surface area contributed by atoms with Gasteiger partial charge in [-0.15, -0.1) is 0 Å². The molecule has 1 unspecified atom stereocenters. The summed E-state index contributed by atoms with van der Waals surface area (Å²) in [7, 11) is 1.67. The molecule has 0 fully saturated rings. The van der Waals surface area contributed by atoms with Gasteiger partial charge in [-0.2, -0.15) is 0 Å². The standard InChI is InChI=1S/C12H11BrN2O4/c1-6(12(16)17)7-5-14(2)11-9(15(18)19)4-3-8(13)10(7)11/h3-6H,1-2H3,(H,16,17). The van der Waals surface area contributed by atoms with Crippen molar-refractivity contribution < 1.29 is 14.8 Å². The predicted octanol–water partition coefficient (Wildman–Crippen LogP) is 3.04. The number of benzene rings is 1. The molecule has 1 atom stereocenters. The number of carbonyl (C=O) groups is 1. The maximum atomic E-state index is 11.1. The van der Waals surface area contributed by atoms with Gasteiger partial charge in [0.15, 0.2) is 0 Å². The molecule has 1 heterocycles. The average molecular weight is 327 g/mol. The molecule has 6 nitrogen and oxygen atoms in total. The van der Waals surface area contributed by atoms with Crippen LogP contribution in [0.4, 0.5) is 5.69 Å². The summed E-state index contributed by atoms with van der Waals surface area (Å²) in [5.41, 5.74) is 0.938. The molecule has 19 heavy (non-hydrogen) atoms. The lowest BCUT2D eigenvalue weighted by atomic mass is 10.0. The molecule has 0 saturated carbocycles. The molecular formula is C12H11BrN2O4. The first-order valence-electron chi connectivity index (χ1n) is 5.49. The van der Waals surface area contributed by atoms with Crippen molar-refractivity contribution in [3.05, 3.63) is 38.5 Å². The maximum absolute atomic E-state index is 11.1. The van der Waals surface area contributed by atoms with Crippen LogP contribution in [0.3, 0.4) is 0 Å². The number of nitro groups is 1. The van der Waals surface area contributed by atoms with Crippen LogP contribution in [0, 0.1) is 10.1 Å². The Morgan fingerprint density at radius 3 is 2.68 bits per heavy atom. The van der Waals surface area contributed by atoms with Gasteiger partial charge in [-0.3, -0.25) is 14.9 Å². The third-order valence-electron chi connectivity index (χ3n) is 3.11. The van der Waals surface area contributed by atoms with Crippen LogP contribution in [-0.4, -0.2) is 20.6 Å². The number of hydrogen-bond donors (Lipinski definition) is 1. The number of aliphatic carboxylic acids is 1. The minimum atomic E-state index is -0.967. The van der Waals surface area contributed by atoms with Crippen molar-refractivity contribution in [3.63, 3.8) is 0 Å². The van der Waals surface area contributed by atoms with Crippen LogP contribution in [0.2, 0.25) is 0 Å². The Morgan fingerprint density at radius 1 is 1.53 bits per heavy atom. The topological polar surface area (TPSA) is 85.4 Å². The van der Waals surface area contributed by atoms with Crippen molar-refractivity contribution in [1.29, 1.82) is 0 Å². The third-order valence-corrected chi connectivity index (χ3v) is 3.77. The number of carboxylic acid groups (broad SMARTS) is 1. The molecule has 7 heteroatoms. The van der Waals surface area contributed by atoms with Crippen molar-refractivity contribution in [1.82, 2.24) is 4.57 Å². The number of hydrogen-bond acceptors (Lipinski definition) is 3. The highest BCUT2D eigenvalue weighted by Crippen LogP contribution is 2.37. The Labute approximate surface area is 116 Å². The largest absolute Gasteiger partial charge is 0.481 e. The Morgan fingerprint density at radius 2 is 2.16 bits per heavy atom. The van der Waals surface area contributed by atoms with Gasteiger partial charge in [-0.05, 0) is 18.6 Å². The van der Waals surface area contributed by atoms with E-state index in [2.05, 4.69) is 15.9 Å². The summed E-state index contributed by atoms with van der Waals surface area (Å²) in [5, 5.41) is 20.7. The van der Waals surface area contributed by atoms with E-state index in [1.807, 2.05) is 0 Å². The summed E-state index contributed by atoms with van der Waals surface area (Å²) < 4.78 is 2.24. The number of rotatable bonds is 3. The van der Waals surface area contributed by atoms with Crippen LogP contribution >= 0.6 is 15.9 Å². The Hall–Kier alpha value is -1.89. The lowest BCUT2D eigenvalue weighted by Gasteiger charge is -2.05. The zero-order valence-corrected chi connectivity index (χ0v) is 11.8. The highest BCUT2D eigenvalue weighted by molar-refractivity contribution is 9.10. The molecule has 0 saturated heterocycles. The van der Waals surface area contributed by atoms with E-state index in [4.69, 9.17) is 5.11 Å². The normalized spacial score (nSPS) is 12.6. The van der Waals surface area contributed by atoms with Crippen LogP contribution in [0.15, 0.2) is 22.8 Å². The van der Waals surface area contributed by atoms with E-state index in [-0.39, 0.29) is 5.69 Å². The van der Waals surface area contributed by atoms with Crippen molar-refractivity contribution >= 4 is 38.5 Å². The van der Waals surface area contributed by atoms with Gasteiger partial charge < -0.3 is 9.67 Å². The fourth-order valence-electron chi connectivity index (χ4n) is 2.13. The van der Waals surface area contributed by atoms with Gasteiger partial charge in [0.1, 0.15) is 5.52 Å². The summed E-state index contributed by atoms with van der Waals surface area (Å²) in [5.74, 6) is -1.70. The Balaban J connectivity index is 2.87. The summed E-state index contributed by atoms with van der Waals surface area (Å²) in [6.45, 7) is 1.56. The van der Waals surface area contributed by atoms with Gasteiger partial charge in [0.25, 0.3) is 5.69 Å². The molecular weight excluding hydrogens is 316 g/mol. The Kier molecular flexibility index (Phi) is 3.32. The van der Waals surface area contributed by atoms with Crippen molar-refractivity contribution in [2.75, 3.05) is 0 Å². The minimum absolute atomic E-state index is 0.0375. The van der Waals surface area contributed by atoms with E-state index in [0.717, 1.165) is 0 Å². The molecule has 0 aliphatic heterocycles. The number of nitro benzene ring substituents is 1. The summed E-state index contributed by atoms with van der Waals surface area (Å²) in [6, 6.07) is 2.97. The van der Waals surface area contributed by atoms with Gasteiger partial charge >= 0.3 is 5.97 Å². The van der Waals surface area contributed by atoms with Gasteiger partial charge in [0.05, 0.1) is 10.8 Å². The quantitative estimate of drug-likeness (QED) is 0.693. The molecule has 2 rings (SSSR count). The fraction of sp³-hybridized carbons (Fsp3) is 0.250. The van der Waals surface area contributed by atoms with Crippen molar-refractivity contribution in [3.8, 4) is 0 Å². The zero-order chi connectivity index (χ0) is 14.3. The number of fused-ring (bicyclic) bond motifs is 1. The first kappa shape index (κ1) is 13.5. The molecule has 2 aromatic rings. The smallest absolute Gasteiger partial charge is 0.310 e. The minimum Gasteiger partial charge on any atom is -0.481 e. The molecule has 0 bridgehead atoms. The number of nitrogens with zero attached hydrogens (tertiary/aromatic N) is 2. The number of halogens is 1.